The number of carbonyl (C=O) groups is 2. The van der Waals surface area contributed by atoms with Crippen molar-refractivity contribution in [2.24, 2.45) is 29.6 Å². The normalized spacial score (nSPS) is 35.1. The Bertz CT molecular complexity index is 798. The second kappa shape index (κ2) is 9.44. The summed E-state index contributed by atoms with van der Waals surface area (Å²) in [5, 5.41) is 30.6. The number of allylic oxidation sites excluding steroid dienone is 6. The van der Waals surface area contributed by atoms with Crippen LogP contribution in [0.1, 0.15) is 54.4 Å². The van der Waals surface area contributed by atoms with Crippen molar-refractivity contribution in [3.05, 3.63) is 47.1 Å². The van der Waals surface area contributed by atoms with Crippen molar-refractivity contribution in [1.82, 2.24) is 0 Å². The quantitative estimate of drug-likeness (QED) is 0.448. The summed E-state index contributed by atoms with van der Waals surface area (Å²) >= 11 is 0. The zero-order chi connectivity index (χ0) is 22.8. The first-order valence-corrected chi connectivity index (χ1v) is 10.7. The van der Waals surface area contributed by atoms with E-state index in [1.165, 1.54) is 12.5 Å². The van der Waals surface area contributed by atoms with Crippen molar-refractivity contribution in [3.63, 3.8) is 0 Å². The number of ketones is 1. The molecular weight excluding hydrogens is 380 g/mol. The predicted molar refractivity (Wildman–Crippen MR) is 118 cm³/mol. The van der Waals surface area contributed by atoms with Gasteiger partial charge in [0.05, 0.1) is 12.0 Å². The molecule has 0 bridgehead atoms. The maximum atomic E-state index is 13.2. The van der Waals surface area contributed by atoms with Gasteiger partial charge in [0.15, 0.2) is 5.78 Å². The first kappa shape index (κ1) is 24.3. The third-order valence-electron chi connectivity index (χ3n) is 7.09. The predicted octanol–water partition coefficient (Wildman–Crippen LogP) is 4.08. The molecule has 7 unspecified atom stereocenters. The Labute approximate surface area is 179 Å². The van der Waals surface area contributed by atoms with Gasteiger partial charge in [-0.3, -0.25) is 9.59 Å². The summed E-state index contributed by atoms with van der Waals surface area (Å²) in [6.45, 7) is 10.7. The van der Waals surface area contributed by atoms with Gasteiger partial charge in [0.2, 0.25) is 0 Å². The fourth-order valence-electron chi connectivity index (χ4n) is 5.09. The first-order valence-electron chi connectivity index (χ1n) is 10.7. The standard InChI is InChI=1S/C25H36O5/c1-7-15(3)21-19(10-8-9-16(4)22(26)17(5)24(28)29)18-12-11-14(2)13-20(18)23(27)25(21,6)30/h7-11,17-22,26,30H,12-13H2,1-6H3,(H,28,29). The molecule has 0 aromatic rings. The molecule has 0 amide bonds. The molecule has 5 nitrogen and oxygen atoms in total. The molecule has 166 valence electrons. The van der Waals surface area contributed by atoms with Crippen molar-refractivity contribution < 1.29 is 24.9 Å². The lowest BCUT2D eigenvalue weighted by molar-refractivity contribution is -0.157. The minimum atomic E-state index is -1.44. The summed E-state index contributed by atoms with van der Waals surface area (Å²) in [5.74, 6) is -2.48. The summed E-state index contributed by atoms with van der Waals surface area (Å²) in [6.07, 6.45) is 10.1. The van der Waals surface area contributed by atoms with E-state index in [1.54, 1.807) is 19.9 Å². The first-order chi connectivity index (χ1) is 13.9. The van der Waals surface area contributed by atoms with Crippen LogP contribution >= 0.6 is 0 Å². The number of aliphatic carboxylic acids is 1. The van der Waals surface area contributed by atoms with E-state index in [0.29, 0.717) is 12.0 Å². The minimum absolute atomic E-state index is 0.0404. The Hall–Kier alpha value is -1.98. The molecule has 0 aromatic heterocycles. The number of rotatable bonds is 6. The highest BCUT2D eigenvalue weighted by Gasteiger charge is 2.55. The van der Waals surface area contributed by atoms with E-state index >= 15 is 0 Å². The number of carbonyl (C=O) groups excluding carboxylic acids is 1. The zero-order valence-corrected chi connectivity index (χ0v) is 18.9. The van der Waals surface area contributed by atoms with Gasteiger partial charge < -0.3 is 15.3 Å². The molecule has 5 heteroatoms. The third kappa shape index (κ3) is 4.68. The van der Waals surface area contributed by atoms with Gasteiger partial charge in [-0.05, 0) is 71.8 Å². The van der Waals surface area contributed by atoms with E-state index in [9.17, 15) is 19.8 Å². The van der Waals surface area contributed by atoms with Gasteiger partial charge in [-0.1, -0.05) is 41.5 Å². The molecule has 0 spiro atoms. The van der Waals surface area contributed by atoms with Gasteiger partial charge in [-0.25, -0.2) is 0 Å². The molecule has 1 fully saturated rings. The Balaban J connectivity index is 2.42. The van der Waals surface area contributed by atoms with E-state index < -0.39 is 23.6 Å². The number of carboxylic acids is 1. The van der Waals surface area contributed by atoms with Crippen molar-refractivity contribution in [2.75, 3.05) is 0 Å². The Morgan fingerprint density at radius 2 is 1.97 bits per heavy atom. The molecule has 0 aliphatic heterocycles. The second-order valence-corrected chi connectivity index (χ2v) is 9.23. The SMILES string of the molecule is CC=C(C)C1C(C=CC=C(C)C(O)C(C)C(=O)O)C2CC=C(C)CC2C(=O)C1(C)O. The molecule has 0 saturated heterocycles. The fraction of sp³-hybridized carbons (Fsp3) is 0.600. The highest BCUT2D eigenvalue weighted by Crippen LogP contribution is 2.51. The second-order valence-electron chi connectivity index (χ2n) is 9.23. The lowest BCUT2D eigenvalue weighted by Crippen LogP contribution is -2.58. The van der Waals surface area contributed by atoms with Gasteiger partial charge in [0.25, 0.3) is 0 Å². The number of aliphatic hydroxyl groups is 2. The zero-order valence-electron chi connectivity index (χ0n) is 18.9. The van der Waals surface area contributed by atoms with Gasteiger partial charge in [-0.15, -0.1) is 0 Å². The van der Waals surface area contributed by atoms with Crippen molar-refractivity contribution in [1.29, 1.82) is 0 Å². The maximum absolute atomic E-state index is 13.2. The average Bonchev–Trinajstić information content (AvgIpc) is 2.69. The van der Waals surface area contributed by atoms with Crippen LogP contribution in [0.25, 0.3) is 0 Å². The molecule has 0 aromatic carbocycles. The summed E-state index contributed by atoms with van der Waals surface area (Å²) in [6, 6.07) is 0. The number of aliphatic hydroxyl groups excluding tert-OH is 1. The van der Waals surface area contributed by atoms with Crippen molar-refractivity contribution >= 4 is 11.8 Å². The third-order valence-corrected chi connectivity index (χ3v) is 7.09. The van der Waals surface area contributed by atoms with Crippen LogP contribution in [0, 0.1) is 29.6 Å². The highest BCUT2D eigenvalue weighted by molar-refractivity contribution is 5.91. The minimum Gasteiger partial charge on any atom is -0.481 e. The number of Topliss-reactive ketones (excluding diaryl/α,β-unsaturated/α-hetero) is 1. The molecule has 0 radical (unpaired) electrons. The van der Waals surface area contributed by atoms with Crippen LogP contribution < -0.4 is 0 Å². The van der Waals surface area contributed by atoms with Crippen LogP contribution in [-0.2, 0) is 9.59 Å². The van der Waals surface area contributed by atoms with E-state index in [0.717, 1.165) is 12.0 Å². The summed E-state index contributed by atoms with van der Waals surface area (Å²) < 4.78 is 0. The number of hydrogen-bond acceptors (Lipinski definition) is 4. The number of carboxylic acid groups (broad SMARTS) is 1. The Morgan fingerprint density at radius 1 is 1.33 bits per heavy atom. The maximum Gasteiger partial charge on any atom is 0.309 e. The molecule has 2 rings (SSSR count). The molecule has 2 aliphatic carbocycles. The van der Waals surface area contributed by atoms with Crippen LogP contribution in [0.5, 0.6) is 0 Å². The molecule has 1 saturated carbocycles. The smallest absolute Gasteiger partial charge is 0.309 e. The van der Waals surface area contributed by atoms with Gasteiger partial charge >= 0.3 is 5.97 Å². The van der Waals surface area contributed by atoms with Gasteiger partial charge in [0.1, 0.15) is 5.60 Å². The lowest BCUT2D eigenvalue weighted by Gasteiger charge is -2.50. The lowest BCUT2D eigenvalue weighted by atomic mass is 9.54. The topological polar surface area (TPSA) is 94.8 Å². The Kier molecular flexibility index (Phi) is 7.64. The summed E-state index contributed by atoms with van der Waals surface area (Å²) in [4.78, 5) is 24.3. The van der Waals surface area contributed by atoms with Crippen LogP contribution in [-0.4, -0.2) is 38.8 Å². The van der Waals surface area contributed by atoms with Gasteiger partial charge in [-0.2, -0.15) is 0 Å². The van der Waals surface area contributed by atoms with Crippen molar-refractivity contribution in [3.8, 4) is 0 Å². The Morgan fingerprint density at radius 3 is 2.53 bits per heavy atom. The van der Waals surface area contributed by atoms with E-state index in [4.69, 9.17) is 5.11 Å². The largest absolute Gasteiger partial charge is 0.481 e. The van der Waals surface area contributed by atoms with Crippen LogP contribution in [0.15, 0.2) is 47.1 Å². The molecule has 2 aliphatic rings. The van der Waals surface area contributed by atoms with Crippen LogP contribution in [0.3, 0.4) is 0 Å². The van der Waals surface area contributed by atoms with Crippen LogP contribution in [0.2, 0.25) is 0 Å². The van der Waals surface area contributed by atoms with Crippen molar-refractivity contribution in [2.45, 2.75) is 66.1 Å². The fourth-order valence-corrected chi connectivity index (χ4v) is 5.09. The molecule has 0 heterocycles. The van der Waals surface area contributed by atoms with E-state index in [2.05, 4.69) is 6.08 Å². The summed E-state index contributed by atoms with van der Waals surface area (Å²) in [7, 11) is 0. The summed E-state index contributed by atoms with van der Waals surface area (Å²) in [5.41, 5.74) is 1.29. The van der Waals surface area contributed by atoms with Gasteiger partial charge in [0, 0.05) is 11.8 Å². The molecule has 30 heavy (non-hydrogen) atoms. The number of hydrogen-bond donors (Lipinski definition) is 3. The van der Waals surface area contributed by atoms with E-state index in [1.807, 2.05) is 39.0 Å². The number of fused-ring (bicyclic) bond motifs is 1. The molecular formula is C25H36O5. The average molecular weight is 417 g/mol. The monoisotopic (exact) mass is 416 g/mol. The van der Waals surface area contributed by atoms with E-state index in [-0.39, 0.29) is 29.5 Å². The molecule has 3 N–H and O–H groups in total. The molecule has 7 atom stereocenters. The highest BCUT2D eigenvalue weighted by atomic mass is 16.4. The van der Waals surface area contributed by atoms with Crippen LogP contribution in [0.4, 0.5) is 0 Å².